The molecule has 0 amide bonds. The molecular formula is C20H22F6N5O2PS. The molecule has 0 aliphatic heterocycles. The van der Waals surface area contributed by atoms with Gasteiger partial charge in [0, 0.05) is 0 Å². The third kappa shape index (κ3) is 8.11. The van der Waals surface area contributed by atoms with Gasteiger partial charge < -0.3 is 19.8 Å². The summed E-state index contributed by atoms with van der Waals surface area (Å²) in [6.07, 6.45) is -12.3. The minimum absolute atomic E-state index is 0.0240. The van der Waals surface area contributed by atoms with Crippen LogP contribution in [0.5, 0.6) is 5.75 Å². The van der Waals surface area contributed by atoms with Gasteiger partial charge in [-0.2, -0.15) is 31.3 Å². The number of nitrogens with two attached hydrogens (primary N) is 1. The van der Waals surface area contributed by atoms with Crippen molar-refractivity contribution in [3.05, 3.63) is 30.6 Å². The Kier molecular flexibility index (Phi) is 8.71. The first-order valence-corrected chi connectivity index (χ1v) is 12.8. The molecule has 0 aliphatic carbocycles. The summed E-state index contributed by atoms with van der Waals surface area (Å²) < 4.78 is 88.6. The van der Waals surface area contributed by atoms with Crippen molar-refractivity contribution in [1.29, 1.82) is 0 Å². The lowest BCUT2D eigenvalue weighted by Gasteiger charge is -2.23. The third-order valence-corrected chi connectivity index (χ3v) is 7.69. The standard InChI is InChI=1S/C20H22F6N5O2PS/c1-12(33-11-34(8-19(21,22)23)9-20(24,25)26)7-31-10-28-15-16(31)29-18(27)30-17(15)35-14-6-4-3-5-13(14)32-2/h3-6,10,12H,7-9,11H2,1-2H3,(H2,27,29,30). The molecule has 1 aromatic carbocycles. The molecule has 192 valence electrons. The zero-order valence-corrected chi connectivity index (χ0v) is 20.3. The van der Waals surface area contributed by atoms with Gasteiger partial charge in [-0.1, -0.05) is 31.8 Å². The number of nitrogens with zero attached hydrogens (tertiary/aromatic N) is 4. The number of alkyl halides is 6. The molecule has 0 spiro atoms. The van der Waals surface area contributed by atoms with Crippen molar-refractivity contribution in [3.63, 3.8) is 0 Å². The first kappa shape index (κ1) is 27.3. The average molecular weight is 541 g/mol. The number of hydrogen-bond donors (Lipinski definition) is 1. The summed E-state index contributed by atoms with van der Waals surface area (Å²) in [6.45, 7) is 1.64. The maximum Gasteiger partial charge on any atom is 0.392 e. The fourth-order valence-corrected chi connectivity index (χ4v) is 5.92. The lowest BCUT2D eigenvalue weighted by molar-refractivity contribution is -0.112. The van der Waals surface area contributed by atoms with Crippen LogP contribution in [-0.4, -0.2) is 63.8 Å². The van der Waals surface area contributed by atoms with Gasteiger partial charge in [0.05, 0.1) is 49.7 Å². The Labute approximate surface area is 202 Å². The molecule has 3 rings (SSSR count). The predicted octanol–water partition coefficient (Wildman–Crippen LogP) is 5.54. The van der Waals surface area contributed by atoms with Crippen molar-refractivity contribution in [1.82, 2.24) is 19.5 Å². The van der Waals surface area contributed by atoms with Crippen LogP contribution >= 0.6 is 19.7 Å². The van der Waals surface area contributed by atoms with Gasteiger partial charge in [0.25, 0.3) is 0 Å². The quantitative estimate of drug-likeness (QED) is 0.205. The number of hydrogen-bond acceptors (Lipinski definition) is 7. The Hall–Kier alpha value is -2.31. The second kappa shape index (κ2) is 11.2. The summed E-state index contributed by atoms with van der Waals surface area (Å²) in [7, 11) is -0.932. The van der Waals surface area contributed by atoms with Crippen LogP contribution < -0.4 is 10.5 Å². The van der Waals surface area contributed by atoms with E-state index in [0.29, 0.717) is 21.9 Å². The normalized spacial score (nSPS) is 13.5. The van der Waals surface area contributed by atoms with E-state index < -0.39 is 45.0 Å². The van der Waals surface area contributed by atoms with Crippen LogP contribution in [0.25, 0.3) is 11.2 Å². The third-order valence-electron chi connectivity index (χ3n) is 4.53. The van der Waals surface area contributed by atoms with Gasteiger partial charge in [0.2, 0.25) is 5.95 Å². The van der Waals surface area contributed by atoms with E-state index in [4.69, 9.17) is 15.2 Å². The second-order valence-electron chi connectivity index (χ2n) is 7.53. The summed E-state index contributed by atoms with van der Waals surface area (Å²) in [6, 6.07) is 7.27. The molecule has 2 aromatic heterocycles. The highest BCUT2D eigenvalue weighted by Gasteiger charge is 2.38. The van der Waals surface area contributed by atoms with Crippen LogP contribution in [0.2, 0.25) is 0 Å². The van der Waals surface area contributed by atoms with E-state index in [1.807, 2.05) is 18.2 Å². The van der Waals surface area contributed by atoms with Gasteiger partial charge in [-0.05, 0) is 19.1 Å². The number of fused-ring (bicyclic) bond motifs is 1. The molecule has 0 saturated carbocycles. The van der Waals surface area contributed by atoms with E-state index >= 15 is 0 Å². The van der Waals surface area contributed by atoms with E-state index in [-0.39, 0.29) is 12.5 Å². The minimum Gasteiger partial charge on any atom is -0.496 e. The van der Waals surface area contributed by atoms with Crippen LogP contribution in [-0.2, 0) is 11.3 Å². The molecule has 2 N–H and O–H groups in total. The fourth-order valence-electron chi connectivity index (χ4n) is 3.16. The highest BCUT2D eigenvalue weighted by Crippen LogP contribution is 2.46. The van der Waals surface area contributed by atoms with Crippen LogP contribution in [0, 0.1) is 0 Å². The molecule has 35 heavy (non-hydrogen) atoms. The van der Waals surface area contributed by atoms with E-state index in [1.165, 1.54) is 25.2 Å². The van der Waals surface area contributed by atoms with Crippen LogP contribution in [0.4, 0.5) is 32.3 Å². The zero-order valence-electron chi connectivity index (χ0n) is 18.6. The SMILES string of the molecule is COc1ccccc1Sc1nc(N)nc2c1ncn2CC(C)OCP(CC(F)(F)F)CC(F)(F)F. The highest BCUT2D eigenvalue weighted by atomic mass is 32.2. The monoisotopic (exact) mass is 541 g/mol. The van der Waals surface area contributed by atoms with Crippen LogP contribution in [0.15, 0.2) is 40.5 Å². The molecule has 0 radical (unpaired) electrons. The molecule has 2 heterocycles. The molecule has 7 nitrogen and oxygen atoms in total. The van der Waals surface area contributed by atoms with Gasteiger partial charge in [0.1, 0.15) is 16.3 Å². The molecule has 1 atom stereocenters. The lowest BCUT2D eigenvalue weighted by atomic mass is 10.3. The summed E-state index contributed by atoms with van der Waals surface area (Å²) >= 11 is 1.27. The van der Waals surface area contributed by atoms with Crippen molar-refractivity contribution >= 4 is 36.8 Å². The number of methoxy groups -OCH3 is 1. The number of imidazole rings is 1. The Morgan fingerprint density at radius 3 is 2.37 bits per heavy atom. The zero-order chi connectivity index (χ0) is 25.8. The Balaban J connectivity index is 1.74. The lowest BCUT2D eigenvalue weighted by Crippen LogP contribution is -2.24. The van der Waals surface area contributed by atoms with Crippen molar-refractivity contribution < 1.29 is 35.8 Å². The van der Waals surface area contributed by atoms with E-state index in [0.717, 1.165) is 4.90 Å². The largest absolute Gasteiger partial charge is 0.496 e. The molecule has 0 bridgehead atoms. The number of ether oxygens (including phenoxy) is 2. The van der Waals surface area contributed by atoms with Gasteiger partial charge in [0.15, 0.2) is 5.65 Å². The Morgan fingerprint density at radius 2 is 1.74 bits per heavy atom. The highest BCUT2D eigenvalue weighted by molar-refractivity contribution is 7.99. The summed E-state index contributed by atoms with van der Waals surface area (Å²) in [5.74, 6) is 0.600. The van der Waals surface area contributed by atoms with Crippen molar-refractivity contribution in [2.45, 2.75) is 41.8 Å². The van der Waals surface area contributed by atoms with E-state index in [9.17, 15) is 26.3 Å². The first-order valence-electron chi connectivity index (χ1n) is 10.1. The summed E-state index contributed by atoms with van der Waals surface area (Å²) in [5.41, 5.74) is 6.66. The fraction of sp³-hybridized carbons (Fsp3) is 0.450. The smallest absolute Gasteiger partial charge is 0.392 e. The van der Waals surface area contributed by atoms with Crippen molar-refractivity contribution in [2.75, 3.05) is 31.5 Å². The Morgan fingerprint density at radius 1 is 1.09 bits per heavy atom. The van der Waals surface area contributed by atoms with Crippen molar-refractivity contribution in [2.24, 2.45) is 0 Å². The van der Waals surface area contributed by atoms with Crippen LogP contribution in [0.3, 0.4) is 0 Å². The minimum atomic E-state index is -4.70. The number of aromatic nitrogens is 4. The first-order chi connectivity index (χ1) is 16.3. The van der Waals surface area contributed by atoms with Gasteiger partial charge in [-0.15, -0.1) is 0 Å². The summed E-state index contributed by atoms with van der Waals surface area (Å²) in [5, 5.41) is 0.461. The number of halogens is 6. The van der Waals surface area contributed by atoms with Crippen molar-refractivity contribution in [3.8, 4) is 5.75 Å². The average Bonchev–Trinajstić information content (AvgIpc) is 3.13. The van der Waals surface area contributed by atoms with E-state index in [1.54, 1.807) is 17.6 Å². The maximum atomic E-state index is 12.7. The molecule has 15 heteroatoms. The second-order valence-corrected chi connectivity index (χ2v) is 10.8. The topological polar surface area (TPSA) is 88.1 Å². The maximum absolute atomic E-state index is 12.7. The van der Waals surface area contributed by atoms with Gasteiger partial charge in [-0.3, -0.25) is 0 Å². The number of nitrogen functional groups attached to an aromatic ring is 1. The molecule has 1 unspecified atom stereocenters. The summed E-state index contributed by atoms with van der Waals surface area (Å²) in [4.78, 5) is 13.5. The molecule has 3 aromatic rings. The predicted molar refractivity (Wildman–Crippen MR) is 121 cm³/mol. The van der Waals surface area contributed by atoms with Crippen LogP contribution in [0.1, 0.15) is 6.92 Å². The molecule has 0 aliphatic rings. The number of rotatable bonds is 10. The molecular weight excluding hydrogens is 519 g/mol. The molecule has 0 fully saturated rings. The van der Waals surface area contributed by atoms with Gasteiger partial charge in [-0.25, -0.2) is 9.97 Å². The number of benzene rings is 1. The Bertz CT molecular complexity index is 1130. The van der Waals surface area contributed by atoms with Gasteiger partial charge >= 0.3 is 12.4 Å². The molecule has 0 saturated heterocycles. The number of anilines is 1. The number of para-hydroxylation sites is 1. The van der Waals surface area contributed by atoms with E-state index in [2.05, 4.69) is 15.0 Å².